The van der Waals surface area contributed by atoms with Gasteiger partial charge in [-0.2, -0.15) is 0 Å². The number of carbonyl (C=O) groups excluding carboxylic acids is 1. The summed E-state index contributed by atoms with van der Waals surface area (Å²) in [7, 11) is 1.61. The fourth-order valence-corrected chi connectivity index (χ4v) is 2.49. The molecule has 0 aliphatic carbocycles. The third-order valence-electron chi connectivity index (χ3n) is 2.65. The van der Waals surface area contributed by atoms with Crippen LogP contribution < -0.4 is 10.6 Å². The van der Waals surface area contributed by atoms with Crippen molar-refractivity contribution < 1.29 is 9.53 Å². The molecular weight excluding hydrogens is 262 g/mol. The molecular formula is C13H17N3O2S. The molecule has 5 nitrogen and oxygen atoms in total. The van der Waals surface area contributed by atoms with Gasteiger partial charge in [0.1, 0.15) is 5.82 Å². The summed E-state index contributed by atoms with van der Waals surface area (Å²) in [4.78, 5) is 15.8. The van der Waals surface area contributed by atoms with Gasteiger partial charge in [-0.05, 0) is 17.5 Å². The first-order chi connectivity index (χ1) is 9.31. The molecule has 0 aliphatic heterocycles. The van der Waals surface area contributed by atoms with Crippen molar-refractivity contribution in [3.8, 4) is 0 Å². The molecule has 2 heterocycles. The lowest BCUT2D eigenvalue weighted by molar-refractivity contribution is -0.121. The zero-order valence-electron chi connectivity index (χ0n) is 10.8. The molecule has 6 heteroatoms. The van der Waals surface area contributed by atoms with E-state index in [9.17, 15) is 4.79 Å². The summed E-state index contributed by atoms with van der Waals surface area (Å²) in [6, 6.07) is 4.02. The molecule has 0 bridgehead atoms. The van der Waals surface area contributed by atoms with Crippen LogP contribution in [-0.2, 0) is 9.53 Å². The lowest BCUT2D eigenvalue weighted by atomic mass is 10.3. The van der Waals surface area contributed by atoms with Crippen molar-refractivity contribution >= 4 is 33.1 Å². The monoisotopic (exact) mass is 279 g/mol. The SMILES string of the molecule is COCCNC(=O)CCNc1nccc2sccc12. The molecule has 0 aromatic carbocycles. The van der Waals surface area contributed by atoms with Crippen molar-refractivity contribution in [2.24, 2.45) is 0 Å². The van der Waals surface area contributed by atoms with Crippen molar-refractivity contribution in [2.45, 2.75) is 6.42 Å². The number of carbonyl (C=O) groups is 1. The molecule has 0 saturated carbocycles. The van der Waals surface area contributed by atoms with E-state index in [0.717, 1.165) is 11.2 Å². The standard InChI is InChI=1S/C13H17N3O2S/c1-18-8-7-14-12(17)3-6-16-13-10-4-9-19-11(10)2-5-15-13/h2,4-5,9H,3,6-8H2,1H3,(H,14,17)(H,15,16). The van der Waals surface area contributed by atoms with E-state index in [0.29, 0.717) is 26.1 Å². The molecule has 19 heavy (non-hydrogen) atoms. The summed E-state index contributed by atoms with van der Waals surface area (Å²) >= 11 is 1.68. The quantitative estimate of drug-likeness (QED) is 0.759. The first-order valence-corrected chi connectivity index (χ1v) is 7.01. The van der Waals surface area contributed by atoms with E-state index in [1.54, 1.807) is 24.6 Å². The highest BCUT2D eigenvalue weighted by Gasteiger charge is 2.04. The first kappa shape index (κ1) is 13.8. The van der Waals surface area contributed by atoms with E-state index in [1.807, 2.05) is 17.5 Å². The molecule has 2 aromatic rings. The molecule has 0 spiro atoms. The van der Waals surface area contributed by atoms with Crippen molar-refractivity contribution in [1.82, 2.24) is 10.3 Å². The number of thiophene rings is 1. The van der Waals surface area contributed by atoms with Crippen molar-refractivity contribution in [1.29, 1.82) is 0 Å². The van der Waals surface area contributed by atoms with Gasteiger partial charge in [-0.3, -0.25) is 4.79 Å². The van der Waals surface area contributed by atoms with E-state index in [4.69, 9.17) is 4.74 Å². The van der Waals surface area contributed by atoms with Crippen LogP contribution in [0.1, 0.15) is 6.42 Å². The number of hydrogen-bond acceptors (Lipinski definition) is 5. The van der Waals surface area contributed by atoms with Crippen LogP contribution in [0.25, 0.3) is 10.1 Å². The lowest BCUT2D eigenvalue weighted by Gasteiger charge is -2.07. The highest BCUT2D eigenvalue weighted by Crippen LogP contribution is 2.25. The minimum atomic E-state index is 0.0158. The number of fused-ring (bicyclic) bond motifs is 1. The predicted octanol–water partition coefficient (Wildman–Crippen LogP) is 1.86. The summed E-state index contributed by atoms with van der Waals surface area (Å²) in [5.74, 6) is 0.852. The van der Waals surface area contributed by atoms with E-state index >= 15 is 0 Å². The van der Waals surface area contributed by atoms with E-state index in [2.05, 4.69) is 15.6 Å². The third kappa shape index (κ3) is 3.90. The average molecular weight is 279 g/mol. The maximum Gasteiger partial charge on any atom is 0.221 e. The van der Waals surface area contributed by atoms with Crippen LogP contribution in [0.4, 0.5) is 5.82 Å². The first-order valence-electron chi connectivity index (χ1n) is 6.13. The molecule has 0 fully saturated rings. The molecule has 0 radical (unpaired) electrons. The van der Waals surface area contributed by atoms with Crippen molar-refractivity contribution in [2.75, 3.05) is 32.1 Å². The highest BCUT2D eigenvalue weighted by molar-refractivity contribution is 7.17. The Labute approximate surface area is 116 Å². The Morgan fingerprint density at radius 2 is 2.32 bits per heavy atom. The Morgan fingerprint density at radius 1 is 1.42 bits per heavy atom. The summed E-state index contributed by atoms with van der Waals surface area (Å²) in [6.45, 7) is 1.66. The maximum absolute atomic E-state index is 11.5. The molecule has 102 valence electrons. The van der Waals surface area contributed by atoms with Crippen LogP contribution in [0.5, 0.6) is 0 Å². The smallest absolute Gasteiger partial charge is 0.221 e. The molecule has 0 saturated heterocycles. The number of pyridine rings is 1. The predicted molar refractivity (Wildman–Crippen MR) is 77.6 cm³/mol. The normalized spacial score (nSPS) is 10.6. The van der Waals surface area contributed by atoms with Crippen LogP contribution in [-0.4, -0.2) is 37.7 Å². The van der Waals surface area contributed by atoms with Gasteiger partial charge in [0.15, 0.2) is 0 Å². The number of aromatic nitrogens is 1. The molecule has 0 atom stereocenters. The second-order valence-electron chi connectivity index (χ2n) is 4.01. The largest absolute Gasteiger partial charge is 0.383 e. The van der Waals surface area contributed by atoms with Crippen LogP contribution in [0.15, 0.2) is 23.7 Å². The number of hydrogen-bond donors (Lipinski definition) is 2. The second-order valence-corrected chi connectivity index (χ2v) is 4.96. The van der Waals surface area contributed by atoms with Crippen LogP contribution >= 0.6 is 11.3 Å². The lowest BCUT2D eigenvalue weighted by Crippen LogP contribution is -2.28. The molecule has 1 amide bonds. The Kier molecular flexibility index (Phi) is 5.11. The van der Waals surface area contributed by atoms with Gasteiger partial charge < -0.3 is 15.4 Å². The van der Waals surface area contributed by atoms with Crippen LogP contribution in [0.3, 0.4) is 0 Å². The van der Waals surface area contributed by atoms with E-state index in [1.165, 1.54) is 4.70 Å². The van der Waals surface area contributed by atoms with Crippen molar-refractivity contribution in [3.63, 3.8) is 0 Å². The topological polar surface area (TPSA) is 63.2 Å². The average Bonchev–Trinajstić information content (AvgIpc) is 2.88. The molecule has 0 aliphatic rings. The Balaban J connectivity index is 1.79. The number of ether oxygens (including phenoxy) is 1. The van der Waals surface area contributed by atoms with E-state index in [-0.39, 0.29) is 5.91 Å². The van der Waals surface area contributed by atoms with Gasteiger partial charge in [-0.25, -0.2) is 4.98 Å². The van der Waals surface area contributed by atoms with Gasteiger partial charge in [-0.1, -0.05) is 0 Å². The van der Waals surface area contributed by atoms with Gasteiger partial charge >= 0.3 is 0 Å². The number of rotatable bonds is 7. The molecule has 2 N–H and O–H groups in total. The number of methoxy groups -OCH3 is 1. The second kappa shape index (κ2) is 7.06. The third-order valence-corrected chi connectivity index (χ3v) is 3.53. The van der Waals surface area contributed by atoms with E-state index < -0.39 is 0 Å². The number of nitrogens with one attached hydrogen (secondary N) is 2. The maximum atomic E-state index is 11.5. The summed E-state index contributed by atoms with van der Waals surface area (Å²) in [5.41, 5.74) is 0. The van der Waals surface area contributed by atoms with Gasteiger partial charge in [0.2, 0.25) is 5.91 Å². The number of nitrogens with zero attached hydrogens (tertiary/aromatic N) is 1. The fraction of sp³-hybridized carbons (Fsp3) is 0.385. The molecule has 0 unspecified atom stereocenters. The summed E-state index contributed by atoms with van der Waals surface area (Å²) in [5, 5.41) is 9.12. The number of anilines is 1. The zero-order valence-corrected chi connectivity index (χ0v) is 11.6. The van der Waals surface area contributed by atoms with Gasteiger partial charge in [0.25, 0.3) is 0 Å². The highest BCUT2D eigenvalue weighted by atomic mass is 32.1. The fourth-order valence-electron chi connectivity index (χ4n) is 1.71. The van der Waals surface area contributed by atoms with Crippen molar-refractivity contribution in [3.05, 3.63) is 23.7 Å². The number of amides is 1. The Bertz CT molecular complexity index is 541. The van der Waals surface area contributed by atoms with Gasteiger partial charge in [0, 0.05) is 42.9 Å². The molecule has 2 rings (SSSR count). The Hall–Kier alpha value is -1.66. The minimum Gasteiger partial charge on any atom is -0.383 e. The van der Waals surface area contributed by atoms with Crippen LogP contribution in [0.2, 0.25) is 0 Å². The molecule has 2 aromatic heterocycles. The minimum absolute atomic E-state index is 0.0158. The summed E-state index contributed by atoms with van der Waals surface area (Å²) < 4.78 is 6.06. The summed E-state index contributed by atoms with van der Waals surface area (Å²) in [6.07, 6.45) is 2.20. The Morgan fingerprint density at radius 3 is 3.16 bits per heavy atom. The van der Waals surface area contributed by atoms with Crippen LogP contribution in [0, 0.1) is 0 Å². The zero-order chi connectivity index (χ0) is 13.5. The van der Waals surface area contributed by atoms with Gasteiger partial charge in [-0.15, -0.1) is 11.3 Å². The van der Waals surface area contributed by atoms with Gasteiger partial charge in [0.05, 0.1) is 6.61 Å².